The Morgan fingerprint density at radius 1 is 1.30 bits per heavy atom. The third-order valence-electron chi connectivity index (χ3n) is 2.28. The number of nitrogen functional groups attached to an aromatic ring is 1. The summed E-state index contributed by atoms with van der Waals surface area (Å²) >= 11 is 6.77. The maximum Gasteiger partial charge on any atom is 0.360 e. The molecule has 1 heterocycles. The molecule has 0 atom stereocenters. The number of aliphatic carboxylic acids is 1. The molecule has 0 aliphatic rings. The number of esters is 1. The van der Waals surface area contributed by atoms with E-state index in [4.69, 9.17) is 26.9 Å². The lowest BCUT2D eigenvalue weighted by atomic mass is 10.1. The van der Waals surface area contributed by atoms with E-state index in [9.17, 15) is 14.7 Å². The fourth-order valence-corrected chi connectivity index (χ4v) is 2.17. The SMILES string of the molecule is CC(C)(C)OC(=O)C(C)(C)O/N=C(/C(=O)O)c1nc(N)sc1Cl. The second kappa shape index (κ2) is 6.71. The fraction of sp³-hybridized carbons (Fsp3) is 0.538. The topological polar surface area (TPSA) is 124 Å². The predicted molar refractivity (Wildman–Crippen MR) is 86.7 cm³/mol. The molecule has 0 bridgehead atoms. The number of anilines is 1. The molecule has 128 valence electrons. The highest BCUT2D eigenvalue weighted by Gasteiger charge is 2.36. The number of thiazole rings is 1. The zero-order valence-corrected chi connectivity index (χ0v) is 14.9. The number of nitrogens with two attached hydrogens (primary N) is 1. The van der Waals surface area contributed by atoms with Gasteiger partial charge in [-0.05, 0) is 34.6 Å². The Morgan fingerprint density at radius 3 is 2.26 bits per heavy atom. The largest absolute Gasteiger partial charge is 0.476 e. The minimum absolute atomic E-state index is 0.0577. The summed E-state index contributed by atoms with van der Waals surface area (Å²) < 4.78 is 5.25. The number of halogens is 1. The van der Waals surface area contributed by atoms with Crippen LogP contribution in [0.2, 0.25) is 4.34 Å². The summed E-state index contributed by atoms with van der Waals surface area (Å²) in [4.78, 5) is 32.2. The number of oxime groups is 1. The zero-order chi connectivity index (χ0) is 18.0. The molecule has 0 aliphatic heterocycles. The molecule has 1 rings (SSSR count). The quantitative estimate of drug-likeness (QED) is 0.467. The van der Waals surface area contributed by atoms with Crippen LogP contribution in [0.15, 0.2) is 5.16 Å². The standard InChI is InChI=1S/C13H18ClN3O5S/c1-12(2,3)21-10(20)13(4,5)22-17-7(9(18)19)6-8(14)23-11(15)16-6/h1-5H3,(H2,15,16)(H,18,19)/b17-7+. The molecular weight excluding hydrogens is 346 g/mol. The highest BCUT2D eigenvalue weighted by Crippen LogP contribution is 2.27. The first-order valence-corrected chi connectivity index (χ1v) is 7.68. The van der Waals surface area contributed by atoms with Crippen molar-refractivity contribution in [2.75, 3.05) is 5.73 Å². The summed E-state index contributed by atoms with van der Waals surface area (Å²) in [6.45, 7) is 7.91. The molecule has 1 aromatic heterocycles. The van der Waals surface area contributed by atoms with Gasteiger partial charge in [0.15, 0.2) is 5.13 Å². The normalized spacial score (nSPS) is 12.9. The van der Waals surface area contributed by atoms with Crippen molar-refractivity contribution in [3.63, 3.8) is 0 Å². The van der Waals surface area contributed by atoms with Crippen LogP contribution in [0.5, 0.6) is 0 Å². The average Bonchev–Trinajstić information content (AvgIpc) is 2.66. The monoisotopic (exact) mass is 363 g/mol. The highest BCUT2D eigenvalue weighted by atomic mass is 35.5. The molecule has 10 heteroatoms. The number of carbonyl (C=O) groups is 2. The molecule has 0 radical (unpaired) electrons. The summed E-state index contributed by atoms with van der Waals surface area (Å²) in [6.07, 6.45) is 0. The maximum absolute atomic E-state index is 12.0. The molecule has 3 N–H and O–H groups in total. The van der Waals surface area contributed by atoms with Gasteiger partial charge in [-0.1, -0.05) is 28.1 Å². The van der Waals surface area contributed by atoms with Gasteiger partial charge in [-0.2, -0.15) is 0 Å². The molecule has 0 saturated heterocycles. The zero-order valence-electron chi connectivity index (χ0n) is 13.3. The first-order chi connectivity index (χ1) is 10.3. The van der Waals surface area contributed by atoms with Crippen LogP contribution in [-0.4, -0.2) is 38.9 Å². The summed E-state index contributed by atoms with van der Waals surface area (Å²) in [7, 11) is 0. The smallest absolute Gasteiger partial charge is 0.360 e. The van der Waals surface area contributed by atoms with Crippen molar-refractivity contribution < 1.29 is 24.3 Å². The van der Waals surface area contributed by atoms with Crippen molar-refractivity contribution in [1.82, 2.24) is 4.98 Å². The van der Waals surface area contributed by atoms with Gasteiger partial charge in [-0.15, -0.1) is 0 Å². The first-order valence-electron chi connectivity index (χ1n) is 6.48. The Balaban J connectivity index is 3.04. The van der Waals surface area contributed by atoms with Crippen LogP contribution in [0.25, 0.3) is 0 Å². The van der Waals surface area contributed by atoms with Gasteiger partial charge in [0, 0.05) is 0 Å². The van der Waals surface area contributed by atoms with Crippen molar-refractivity contribution in [1.29, 1.82) is 0 Å². The van der Waals surface area contributed by atoms with Gasteiger partial charge in [0.25, 0.3) is 0 Å². The molecule has 0 unspecified atom stereocenters. The van der Waals surface area contributed by atoms with Gasteiger partial charge in [-0.3, -0.25) is 0 Å². The van der Waals surface area contributed by atoms with E-state index in [-0.39, 0.29) is 15.2 Å². The molecule has 0 aromatic carbocycles. The summed E-state index contributed by atoms with van der Waals surface area (Å²) in [5, 5.41) is 12.8. The van der Waals surface area contributed by atoms with E-state index < -0.39 is 28.9 Å². The first kappa shape index (κ1) is 19.2. The van der Waals surface area contributed by atoms with Gasteiger partial charge < -0.3 is 20.4 Å². The molecular formula is C13H18ClN3O5S. The second-order valence-corrected chi connectivity index (χ2v) is 7.66. The Labute approximate surface area is 142 Å². The highest BCUT2D eigenvalue weighted by molar-refractivity contribution is 7.19. The second-order valence-electron chi connectivity index (χ2n) is 6.02. The van der Waals surface area contributed by atoms with Crippen LogP contribution in [0.3, 0.4) is 0 Å². The molecule has 0 aliphatic carbocycles. The summed E-state index contributed by atoms with van der Waals surface area (Å²) in [5.41, 5.74) is 2.58. The third-order valence-corrected chi connectivity index (χ3v) is 3.37. The Hall–Kier alpha value is -1.87. The van der Waals surface area contributed by atoms with E-state index in [0.29, 0.717) is 0 Å². The Bertz CT molecular complexity index is 649. The number of rotatable bonds is 5. The number of aromatic nitrogens is 1. The number of carboxylic acid groups (broad SMARTS) is 1. The van der Waals surface area contributed by atoms with Crippen molar-refractivity contribution in [2.24, 2.45) is 5.16 Å². The predicted octanol–water partition coefficient (Wildman–Crippen LogP) is 2.30. The van der Waals surface area contributed by atoms with Crippen molar-refractivity contribution >= 4 is 45.7 Å². The minimum Gasteiger partial charge on any atom is -0.476 e. The number of hydrogen-bond donors (Lipinski definition) is 2. The molecule has 8 nitrogen and oxygen atoms in total. The van der Waals surface area contributed by atoms with Crippen LogP contribution in [0, 0.1) is 0 Å². The number of carboxylic acids is 1. The van der Waals surface area contributed by atoms with Gasteiger partial charge in [0.1, 0.15) is 15.6 Å². The average molecular weight is 364 g/mol. The van der Waals surface area contributed by atoms with E-state index in [1.807, 2.05) is 0 Å². The molecule has 0 fully saturated rings. The van der Waals surface area contributed by atoms with Crippen LogP contribution in [0.1, 0.15) is 40.3 Å². The van der Waals surface area contributed by atoms with Crippen molar-refractivity contribution in [3.05, 3.63) is 10.0 Å². The Kier molecular flexibility index (Phi) is 5.60. The van der Waals surface area contributed by atoms with E-state index in [1.165, 1.54) is 13.8 Å². The van der Waals surface area contributed by atoms with Gasteiger partial charge in [0.05, 0.1) is 0 Å². The molecule has 23 heavy (non-hydrogen) atoms. The van der Waals surface area contributed by atoms with Gasteiger partial charge >= 0.3 is 11.9 Å². The van der Waals surface area contributed by atoms with Crippen LogP contribution in [0.4, 0.5) is 5.13 Å². The molecule has 0 amide bonds. The lowest BCUT2D eigenvalue weighted by molar-refractivity contribution is -0.179. The van der Waals surface area contributed by atoms with Gasteiger partial charge in [-0.25, -0.2) is 14.6 Å². The molecule has 0 spiro atoms. The van der Waals surface area contributed by atoms with E-state index in [0.717, 1.165) is 11.3 Å². The van der Waals surface area contributed by atoms with Crippen molar-refractivity contribution in [3.8, 4) is 0 Å². The van der Waals surface area contributed by atoms with E-state index in [1.54, 1.807) is 20.8 Å². The number of hydrogen-bond acceptors (Lipinski definition) is 8. The molecule has 1 aromatic rings. The fourth-order valence-electron chi connectivity index (χ4n) is 1.24. The van der Waals surface area contributed by atoms with Crippen molar-refractivity contribution in [2.45, 2.75) is 45.8 Å². The Morgan fingerprint density at radius 2 is 1.87 bits per heavy atom. The maximum atomic E-state index is 12.0. The number of carbonyl (C=O) groups excluding carboxylic acids is 1. The van der Waals surface area contributed by atoms with Crippen LogP contribution >= 0.6 is 22.9 Å². The number of ether oxygens (including phenoxy) is 1. The minimum atomic E-state index is -1.50. The third kappa shape index (κ3) is 5.36. The lowest BCUT2D eigenvalue weighted by Crippen LogP contribution is -2.40. The number of nitrogens with zero attached hydrogens (tertiary/aromatic N) is 2. The molecule has 0 saturated carbocycles. The van der Waals surface area contributed by atoms with Crippen LogP contribution < -0.4 is 5.73 Å². The van der Waals surface area contributed by atoms with Gasteiger partial charge in [0.2, 0.25) is 11.3 Å². The summed E-state index contributed by atoms with van der Waals surface area (Å²) in [5.74, 6) is -2.11. The van der Waals surface area contributed by atoms with Crippen LogP contribution in [-0.2, 0) is 19.2 Å². The van der Waals surface area contributed by atoms with E-state index in [2.05, 4.69) is 10.1 Å². The van der Waals surface area contributed by atoms with E-state index >= 15 is 0 Å². The summed E-state index contributed by atoms with van der Waals surface area (Å²) in [6, 6.07) is 0. The lowest BCUT2D eigenvalue weighted by Gasteiger charge is -2.26.